The zero-order valence-corrected chi connectivity index (χ0v) is 15.3. The molecule has 0 saturated carbocycles. The molecular formula is C18H19ClN2O2S. The van der Waals surface area contributed by atoms with E-state index in [0.717, 1.165) is 5.56 Å². The van der Waals surface area contributed by atoms with Crippen LogP contribution in [0.3, 0.4) is 0 Å². The van der Waals surface area contributed by atoms with Crippen molar-refractivity contribution in [2.45, 2.75) is 19.9 Å². The molecule has 0 heterocycles. The molecule has 0 saturated heterocycles. The average Bonchev–Trinajstić information content (AvgIpc) is 2.56. The van der Waals surface area contributed by atoms with Crippen molar-refractivity contribution in [1.29, 1.82) is 0 Å². The van der Waals surface area contributed by atoms with E-state index in [1.165, 1.54) is 12.7 Å². The zero-order chi connectivity index (χ0) is 17.7. The minimum atomic E-state index is -0.490. The van der Waals surface area contributed by atoms with E-state index in [1.807, 2.05) is 13.8 Å². The molecule has 1 atom stereocenters. The van der Waals surface area contributed by atoms with Crippen LogP contribution in [0.25, 0.3) is 0 Å². The lowest BCUT2D eigenvalue weighted by atomic mass is 10.1. The monoisotopic (exact) mass is 362 g/mol. The number of thiocarbonyl (C=S) groups is 1. The van der Waals surface area contributed by atoms with Crippen molar-refractivity contribution >= 4 is 40.6 Å². The van der Waals surface area contributed by atoms with Crippen LogP contribution in [-0.2, 0) is 4.74 Å². The highest BCUT2D eigenvalue weighted by Crippen LogP contribution is 2.21. The Morgan fingerprint density at radius 1 is 1.21 bits per heavy atom. The van der Waals surface area contributed by atoms with Crippen molar-refractivity contribution in [3.05, 3.63) is 64.2 Å². The smallest absolute Gasteiger partial charge is 0.339 e. The molecule has 2 aromatic carbocycles. The minimum Gasteiger partial charge on any atom is -0.465 e. The molecule has 0 amide bonds. The number of ether oxygens (including phenoxy) is 1. The third-order valence-electron chi connectivity index (χ3n) is 3.55. The van der Waals surface area contributed by atoms with Crippen molar-refractivity contribution in [2.24, 2.45) is 0 Å². The van der Waals surface area contributed by atoms with Gasteiger partial charge in [0.05, 0.1) is 23.7 Å². The largest absolute Gasteiger partial charge is 0.465 e. The van der Waals surface area contributed by atoms with Crippen LogP contribution in [0.1, 0.15) is 34.5 Å². The highest BCUT2D eigenvalue weighted by molar-refractivity contribution is 7.80. The Hall–Kier alpha value is -2.11. The third-order valence-corrected chi connectivity index (χ3v) is 4.10. The SMILES string of the molecule is COC(=O)c1cc(NC(=S)N[C@H](C)c2ccc(C)cc2)ccc1Cl. The first kappa shape index (κ1) is 18.2. The Kier molecular flexibility index (Phi) is 6.17. The summed E-state index contributed by atoms with van der Waals surface area (Å²) in [7, 11) is 1.31. The number of halogens is 1. The molecule has 0 radical (unpaired) electrons. The summed E-state index contributed by atoms with van der Waals surface area (Å²) in [5.41, 5.74) is 3.30. The molecule has 0 aliphatic carbocycles. The highest BCUT2D eigenvalue weighted by Gasteiger charge is 2.12. The fourth-order valence-electron chi connectivity index (χ4n) is 2.17. The van der Waals surface area contributed by atoms with E-state index in [-0.39, 0.29) is 6.04 Å². The summed E-state index contributed by atoms with van der Waals surface area (Å²) in [6.45, 7) is 4.08. The summed E-state index contributed by atoms with van der Waals surface area (Å²) >= 11 is 11.3. The van der Waals surface area contributed by atoms with Gasteiger partial charge in [0, 0.05) is 5.69 Å². The van der Waals surface area contributed by atoms with Gasteiger partial charge in [-0.05, 0) is 49.8 Å². The van der Waals surface area contributed by atoms with E-state index in [2.05, 4.69) is 34.9 Å². The second-order valence-electron chi connectivity index (χ2n) is 5.42. The summed E-state index contributed by atoms with van der Waals surface area (Å²) in [4.78, 5) is 11.7. The summed E-state index contributed by atoms with van der Waals surface area (Å²) in [6.07, 6.45) is 0. The number of hydrogen-bond acceptors (Lipinski definition) is 3. The van der Waals surface area contributed by atoms with Gasteiger partial charge in [0.25, 0.3) is 0 Å². The van der Waals surface area contributed by atoms with Crippen molar-refractivity contribution < 1.29 is 9.53 Å². The van der Waals surface area contributed by atoms with Gasteiger partial charge < -0.3 is 15.4 Å². The number of rotatable bonds is 4. The first-order chi connectivity index (χ1) is 11.4. The number of carbonyl (C=O) groups excluding carboxylic acids is 1. The second-order valence-corrected chi connectivity index (χ2v) is 6.23. The van der Waals surface area contributed by atoms with Crippen LogP contribution < -0.4 is 10.6 Å². The number of benzene rings is 2. The average molecular weight is 363 g/mol. The van der Waals surface area contributed by atoms with E-state index < -0.39 is 5.97 Å². The topological polar surface area (TPSA) is 50.4 Å². The first-order valence-electron chi connectivity index (χ1n) is 7.42. The number of nitrogens with one attached hydrogen (secondary N) is 2. The fraction of sp³-hybridized carbons (Fsp3) is 0.222. The van der Waals surface area contributed by atoms with Crippen molar-refractivity contribution in [2.75, 3.05) is 12.4 Å². The van der Waals surface area contributed by atoms with Crippen molar-refractivity contribution in [3.63, 3.8) is 0 Å². The number of hydrogen-bond donors (Lipinski definition) is 2. The molecule has 0 aliphatic rings. The summed E-state index contributed by atoms with van der Waals surface area (Å²) in [6, 6.07) is 13.3. The lowest BCUT2D eigenvalue weighted by molar-refractivity contribution is 0.0601. The van der Waals surface area contributed by atoms with Gasteiger partial charge in [-0.15, -0.1) is 0 Å². The van der Waals surface area contributed by atoms with Crippen LogP contribution in [0.5, 0.6) is 0 Å². The van der Waals surface area contributed by atoms with Crippen LogP contribution >= 0.6 is 23.8 Å². The Labute approximate surface area is 152 Å². The van der Waals surface area contributed by atoms with Gasteiger partial charge in [0.2, 0.25) is 0 Å². The lowest BCUT2D eigenvalue weighted by Gasteiger charge is -2.18. The van der Waals surface area contributed by atoms with Gasteiger partial charge in [-0.2, -0.15) is 0 Å². The standard InChI is InChI=1S/C18H19ClN2O2S/c1-11-4-6-13(7-5-11)12(2)20-18(24)21-14-8-9-16(19)15(10-14)17(22)23-3/h4-10,12H,1-3H3,(H2,20,21,24)/t12-/m1/s1. The Morgan fingerprint density at radius 2 is 1.88 bits per heavy atom. The van der Waals surface area contributed by atoms with E-state index in [4.69, 9.17) is 28.6 Å². The van der Waals surface area contributed by atoms with Crippen LogP contribution in [0, 0.1) is 6.92 Å². The quantitative estimate of drug-likeness (QED) is 0.620. The van der Waals surface area contributed by atoms with Gasteiger partial charge in [-0.1, -0.05) is 41.4 Å². The Balaban J connectivity index is 2.04. The molecule has 0 fully saturated rings. The molecule has 0 bridgehead atoms. The summed E-state index contributed by atoms with van der Waals surface area (Å²) in [5, 5.41) is 7.06. The second kappa shape index (κ2) is 8.13. The number of methoxy groups -OCH3 is 1. The van der Waals surface area contributed by atoms with Gasteiger partial charge in [0.1, 0.15) is 0 Å². The predicted molar refractivity (Wildman–Crippen MR) is 102 cm³/mol. The molecule has 2 N–H and O–H groups in total. The number of anilines is 1. The van der Waals surface area contributed by atoms with Gasteiger partial charge >= 0.3 is 5.97 Å². The predicted octanol–water partition coefficient (Wildman–Crippen LogP) is 4.48. The molecule has 0 unspecified atom stereocenters. The summed E-state index contributed by atoms with van der Waals surface area (Å²) in [5.74, 6) is -0.490. The molecule has 24 heavy (non-hydrogen) atoms. The Bertz CT molecular complexity index is 747. The number of aryl methyl sites for hydroxylation is 1. The maximum atomic E-state index is 11.7. The highest BCUT2D eigenvalue weighted by atomic mass is 35.5. The number of esters is 1. The molecule has 0 aliphatic heterocycles. The molecule has 4 nitrogen and oxygen atoms in total. The fourth-order valence-corrected chi connectivity index (χ4v) is 2.66. The van der Waals surface area contributed by atoms with Crippen molar-refractivity contribution in [1.82, 2.24) is 5.32 Å². The van der Waals surface area contributed by atoms with E-state index in [1.54, 1.807) is 18.2 Å². The van der Waals surface area contributed by atoms with Gasteiger partial charge in [0.15, 0.2) is 5.11 Å². The molecule has 0 spiro atoms. The van der Waals surface area contributed by atoms with Crippen molar-refractivity contribution in [3.8, 4) is 0 Å². The van der Waals surface area contributed by atoms with Crippen LogP contribution in [0.4, 0.5) is 5.69 Å². The molecule has 126 valence electrons. The molecule has 2 aromatic rings. The number of carbonyl (C=O) groups is 1. The van der Waals surface area contributed by atoms with Crippen LogP contribution in [0.15, 0.2) is 42.5 Å². The van der Waals surface area contributed by atoms with Crippen LogP contribution in [0.2, 0.25) is 5.02 Å². The third kappa shape index (κ3) is 4.69. The molecule has 6 heteroatoms. The van der Waals surface area contributed by atoms with Gasteiger partial charge in [-0.3, -0.25) is 0 Å². The van der Waals surface area contributed by atoms with E-state index >= 15 is 0 Å². The van der Waals surface area contributed by atoms with Crippen LogP contribution in [-0.4, -0.2) is 18.2 Å². The summed E-state index contributed by atoms with van der Waals surface area (Å²) < 4.78 is 4.71. The zero-order valence-electron chi connectivity index (χ0n) is 13.7. The normalized spacial score (nSPS) is 11.5. The first-order valence-corrected chi connectivity index (χ1v) is 8.21. The maximum absolute atomic E-state index is 11.7. The minimum absolute atomic E-state index is 0.0537. The van der Waals surface area contributed by atoms with Gasteiger partial charge in [-0.25, -0.2) is 4.79 Å². The molecular weight excluding hydrogens is 344 g/mol. The van der Waals surface area contributed by atoms with E-state index in [9.17, 15) is 4.79 Å². The van der Waals surface area contributed by atoms with E-state index in [0.29, 0.717) is 21.4 Å². The molecule has 0 aromatic heterocycles. The Morgan fingerprint density at radius 3 is 2.50 bits per heavy atom. The lowest BCUT2D eigenvalue weighted by Crippen LogP contribution is -2.30. The molecule has 2 rings (SSSR count). The maximum Gasteiger partial charge on any atom is 0.339 e.